The topological polar surface area (TPSA) is 72.5 Å². The zero-order chi connectivity index (χ0) is 18.1. The Morgan fingerprint density at radius 2 is 1.96 bits per heavy atom. The molecule has 0 amide bonds. The molecular formula is C20H22N4O2. The molecular weight excluding hydrogens is 328 g/mol. The number of aromatic nitrogens is 2. The summed E-state index contributed by atoms with van der Waals surface area (Å²) in [4.78, 5) is 15.9. The summed E-state index contributed by atoms with van der Waals surface area (Å²) >= 11 is 0. The maximum atomic E-state index is 11.5. The van der Waals surface area contributed by atoms with Crippen LogP contribution in [0.25, 0.3) is 16.9 Å². The van der Waals surface area contributed by atoms with E-state index in [0.29, 0.717) is 17.3 Å². The molecule has 0 saturated heterocycles. The van der Waals surface area contributed by atoms with Crippen LogP contribution in [0.15, 0.2) is 42.6 Å². The Kier molecular flexibility index (Phi) is 4.32. The number of anilines is 1. The number of benzene rings is 1. The number of hydrogen-bond acceptors (Lipinski definition) is 4. The molecule has 6 heteroatoms. The third-order valence-corrected chi connectivity index (χ3v) is 5.08. The molecule has 134 valence electrons. The van der Waals surface area contributed by atoms with E-state index in [1.165, 1.54) is 25.3 Å². The van der Waals surface area contributed by atoms with E-state index in [-0.39, 0.29) is 10.6 Å². The van der Waals surface area contributed by atoms with Gasteiger partial charge in [0, 0.05) is 18.3 Å². The van der Waals surface area contributed by atoms with Crippen molar-refractivity contribution in [2.45, 2.75) is 45.1 Å². The monoisotopic (exact) mass is 350 g/mol. The summed E-state index contributed by atoms with van der Waals surface area (Å²) in [7, 11) is 0. The summed E-state index contributed by atoms with van der Waals surface area (Å²) in [6.07, 6.45) is 7.94. The Morgan fingerprint density at radius 1 is 1.19 bits per heavy atom. The Morgan fingerprint density at radius 3 is 2.73 bits per heavy atom. The fraction of sp³-hybridized carbons (Fsp3) is 0.350. The zero-order valence-electron chi connectivity index (χ0n) is 14.8. The Labute approximate surface area is 152 Å². The average molecular weight is 350 g/mol. The fourth-order valence-electron chi connectivity index (χ4n) is 3.75. The van der Waals surface area contributed by atoms with Gasteiger partial charge in [-0.05, 0) is 43.5 Å². The molecule has 6 nitrogen and oxygen atoms in total. The van der Waals surface area contributed by atoms with Crippen LogP contribution >= 0.6 is 0 Å². The molecule has 3 aromatic rings. The number of hydrogen-bond donors (Lipinski definition) is 1. The third-order valence-electron chi connectivity index (χ3n) is 5.08. The first-order chi connectivity index (χ1) is 12.6. The van der Waals surface area contributed by atoms with Crippen molar-refractivity contribution in [3.05, 3.63) is 58.3 Å². The van der Waals surface area contributed by atoms with Crippen molar-refractivity contribution in [3.8, 4) is 11.3 Å². The van der Waals surface area contributed by atoms with Crippen molar-refractivity contribution in [2.24, 2.45) is 0 Å². The molecule has 0 aliphatic heterocycles. The number of fused-ring (bicyclic) bond motifs is 1. The van der Waals surface area contributed by atoms with Crippen molar-refractivity contribution in [2.75, 3.05) is 5.32 Å². The Hall–Kier alpha value is -2.89. The van der Waals surface area contributed by atoms with Crippen molar-refractivity contribution in [1.29, 1.82) is 0 Å². The van der Waals surface area contributed by atoms with Crippen molar-refractivity contribution in [1.82, 2.24) is 9.38 Å². The largest absolute Gasteiger partial charge is 0.367 e. The van der Waals surface area contributed by atoms with E-state index in [1.54, 1.807) is 12.1 Å². The molecule has 2 heterocycles. The maximum Gasteiger partial charge on any atom is 0.278 e. The minimum Gasteiger partial charge on any atom is -0.367 e. The van der Waals surface area contributed by atoms with Crippen LogP contribution in [0.2, 0.25) is 0 Å². The highest BCUT2D eigenvalue weighted by molar-refractivity contribution is 5.82. The number of para-hydroxylation sites is 1. The number of nitro groups is 1. The van der Waals surface area contributed by atoms with E-state index in [2.05, 4.69) is 5.32 Å². The van der Waals surface area contributed by atoms with Crippen LogP contribution < -0.4 is 5.32 Å². The van der Waals surface area contributed by atoms with Crippen molar-refractivity contribution < 1.29 is 4.92 Å². The van der Waals surface area contributed by atoms with Crippen LogP contribution in [0, 0.1) is 17.0 Å². The smallest absolute Gasteiger partial charge is 0.278 e. The van der Waals surface area contributed by atoms with E-state index in [4.69, 9.17) is 4.98 Å². The number of nitro benzene ring substituents is 1. The lowest BCUT2D eigenvalue weighted by Crippen LogP contribution is -2.23. The summed E-state index contributed by atoms with van der Waals surface area (Å²) in [5.74, 6) is 0.848. The molecule has 0 radical (unpaired) electrons. The number of aryl methyl sites for hydroxylation is 1. The van der Waals surface area contributed by atoms with Gasteiger partial charge in [0.05, 0.1) is 10.5 Å². The summed E-state index contributed by atoms with van der Waals surface area (Å²) < 4.78 is 2.01. The number of rotatable bonds is 4. The lowest BCUT2D eigenvalue weighted by atomic mass is 9.95. The Balaban J connectivity index is 1.88. The molecule has 0 bridgehead atoms. The van der Waals surface area contributed by atoms with E-state index in [0.717, 1.165) is 29.9 Å². The fourth-order valence-corrected chi connectivity index (χ4v) is 3.75. The third kappa shape index (κ3) is 3.03. The van der Waals surface area contributed by atoms with Gasteiger partial charge in [0.25, 0.3) is 5.69 Å². The first kappa shape index (κ1) is 16.6. The summed E-state index contributed by atoms with van der Waals surface area (Å²) in [6.45, 7) is 2.02. The van der Waals surface area contributed by atoms with Gasteiger partial charge in [-0.25, -0.2) is 4.98 Å². The molecule has 1 aliphatic rings. The van der Waals surface area contributed by atoms with Crippen LogP contribution in [0.5, 0.6) is 0 Å². The molecule has 26 heavy (non-hydrogen) atoms. The highest BCUT2D eigenvalue weighted by atomic mass is 16.6. The number of nitrogens with zero attached hydrogens (tertiary/aromatic N) is 3. The quantitative estimate of drug-likeness (QED) is 0.533. The lowest BCUT2D eigenvalue weighted by molar-refractivity contribution is -0.384. The van der Waals surface area contributed by atoms with Gasteiger partial charge >= 0.3 is 0 Å². The van der Waals surface area contributed by atoms with Gasteiger partial charge < -0.3 is 5.32 Å². The Bertz CT molecular complexity index is 958. The molecule has 0 spiro atoms. The standard InChI is InChI=1S/C20H22N4O2/c1-14-11-12-23-18(13-14)22-19(16-9-5-6-10-17(16)24(25)26)20(23)21-15-7-3-2-4-8-15/h5-6,9-13,15,21H,2-4,7-8H2,1H3. The van der Waals surface area contributed by atoms with E-state index < -0.39 is 0 Å². The zero-order valence-corrected chi connectivity index (χ0v) is 14.8. The van der Waals surface area contributed by atoms with Gasteiger partial charge in [-0.15, -0.1) is 0 Å². The van der Waals surface area contributed by atoms with Gasteiger partial charge in [0.1, 0.15) is 17.2 Å². The average Bonchev–Trinajstić information content (AvgIpc) is 3.00. The molecule has 4 rings (SSSR count). The van der Waals surface area contributed by atoms with E-state index in [9.17, 15) is 10.1 Å². The highest BCUT2D eigenvalue weighted by Crippen LogP contribution is 2.36. The predicted octanol–water partition coefficient (Wildman–Crippen LogP) is 4.96. The van der Waals surface area contributed by atoms with Crippen molar-refractivity contribution in [3.63, 3.8) is 0 Å². The second-order valence-corrected chi connectivity index (χ2v) is 6.99. The number of imidazole rings is 1. The highest BCUT2D eigenvalue weighted by Gasteiger charge is 2.24. The molecule has 0 atom stereocenters. The summed E-state index contributed by atoms with van der Waals surface area (Å²) in [6, 6.07) is 11.2. The van der Waals surface area contributed by atoms with Gasteiger partial charge in [-0.3, -0.25) is 14.5 Å². The van der Waals surface area contributed by atoms with Crippen LogP contribution in [0.4, 0.5) is 11.5 Å². The van der Waals surface area contributed by atoms with Gasteiger partial charge in [-0.1, -0.05) is 31.4 Å². The minimum atomic E-state index is -0.338. The molecule has 1 saturated carbocycles. The first-order valence-electron chi connectivity index (χ1n) is 9.12. The minimum absolute atomic E-state index is 0.0827. The molecule has 1 aromatic carbocycles. The van der Waals surface area contributed by atoms with Crippen LogP contribution in [0.3, 0.4) is 0 Å². The molecule has 1 aliphatic carbocycles. The molecule has 1 fully saturated rings. The lowest BCUT2D eigenvalue weighted by Gasteiger charge is -2.24. The first-order valence-corrected chi connectivity index (χ1v) is 9.12. The van der Waals surface area contributed by atoms with Gasteiger partial charge in [-0.2, -0.15) is 0 Å². The molecule has 2 aromatic heterocycles. The normalized spacial score (nSPS) is 15.3. The SMILES string of the molecule is Cc1ccn2c(NC3CCCCC3)c(-c3ccccc3[N+](=O)[O-])nc2c1. The second-order valence-electron chi connectivity index (χ2n) is 6.99. The second kappa shape index (κ2) is 6.78. The summed E-state index contributed by atoms with van der Waals surface area (Å²) in [5, 5.41) is 15.2. The van der Waals surface area contributed by atoms with E-state index in [1.807, 2.05) is 35.7 Å². The van der Waals surface area contributed by atoms with Crippen molar-refractivity contribution >= 4 is 17.2 Å². The molecule has 0 unspecified atom stereocenters. The predicted molar refractivity (Wildman–Crippen MR) is 103 cm³/mol. The number of pyridine rings is 1. The van der Waals surface area contributed by atoms with Gasteiger partial charge in [0.2, 0.25) is 0 Å². The van der Waals surface area contributed by atoms with Crippen LogP contribution in [0.1, 0.15) is 37.7 Å². The number of nitrogens with one attached hydrogen (secondary N) is 1. The van der Waals surface area contributed by atoms with Crippen LogP contribution in [-0.2, 0) is 0 Å². The molecule has 1 N–H and O–H groups in total. The van der Waals surface area contributed by atoms with E-state index >= 15 is 0 Å². The maximum absolute atomic E-state index is 11.5. The summed E-state index contributed by atoms with van der Waals surface area (Å²) in [5.41, 5.74) is 3.20. The van der Waals surface area contributed by atoms with Gasteiger partial charge in [0.15, 0.2) is 0 Å². The van der Waals surface area contributed by atoms with Crippen LogP contribution in [-0.4, -0.2) is 20.3 Å².